The summed E-state index contributed by atoms with van der Waals surface area (Å²) >= 11 is 0. The molecule has 0 fully saturated rings. The summed E-state index contributed by atoms with van der Waals surface area (Å²) < 4.78 is 5.37. The van der Waals surface area contributed by atoms with Gasteiger partial charge in [-0.25, -0.2) is 0 Å². The molecule has 156 valence electrons. The highest BCUT2D eigenvalue weighted by Crippen LogP contribution is 2.17. The van der Waals surface area contributed by atoms with Crippen LogP contribution in [0, 0.1) is 0 Å². The van der Waals surface area contributed by atoms with Crippen molar-refractivity contribution in [2.45, 2.75) is 33.6 Å². The molecule has 0 aromatic heterocycles. The van der Waals surface area contributed by atoms with E-state index in [0.29, 0.717) is 17.9 Å². The van der Waals surface area contributed by atoms with Gasteiger partial charge in [0.25, 0.3) is 5.91 Å². The molecule has 2 rings (SSSR count). The molecule has 0 saturated heterocycles. The molecule has 29 heavy (non-hydrogen) atoms. The SMILES string of the molecule is CCCCN(CC)c1ccc(C(=O)NCC(=O)Nc2ccc(OCC)cc2)cc1. The number of rotatable bonds is 11. The van der Waals surface area contributed by atoms with Gasteiger partial charge in [0, 0.05) is 30.0 Å². The summed E-state index contributed by atoms with van der Waals surface area (Å²) in [4.78, 5) is 26.7. The second-order valence-electron chi connectivity index (χ2n) is 6.67. The van der Waals surface area contributed by atoms with Gasteiger partial charge in [0.1, 0.15) is 5.75 Å². The Morgan fingerprint density at radius 1 is 0.966 bits per heavy atom. The fourth-order valence-corrected chi connectivity index (χ4v) is 2.91. The van der Waals surface area contributed by atoms with Gasteiger partial charge in [0.15, 0.2) is 0 Å². The molecule has 2 aromatic carbocycles. The number of carbonyl (C=O) groups is 2. The largest absolute Gasteiger partial charge is 0.494 e. The van der Waals surface area contributed by atoms with Crippen molar-refractivity contribution in [1.29, 1.82) is 0 Å². The summed E-state index contributed by atoms with van der Waals surface area (Å²) in [5.74, 6) is 0.199. The molecule has 2 aromatic rings. The van der Waals surface area contributed by atoms with Gasteiger partial charge < -0.3 is 20.3 Å². The highest BCUT2D eigenvalue weighted by Gasteiger charge is 2.10. The van der Waals surface area contributed by atoms with Crippen LogP contribution in [0.4, 0.5) is 11.4 Å². The number of nitrogens with zero attached hydrogens (tertiary/aromatic N) is 1. The van der Waals surface area contributed by atoms with E-state index in [1.165, 1.54) is 0 Å². The van der Waals surface area contributed by atoms with E-state index in [9.17, 15) is 9.59 Å². The number of ether oxygens (including phenoxy) is 1. The Balaban J connectivity index is 1.84. The van der Waals surface area contributed by atoms with Gasteiger partial charge in [-0.15, -0.1) is 0 Å². The molecule has 2 amide bonds. The monoisotopic (exact) mass is 397 g/mol. The smallest absolute Gasteiger partial charge is 0.251 e. The number of carbonyl (C=O) groups excluding carboxylic acids is 2. The zero-order valence-corrected chi connectivity index (χ0v) is 17.5. The Morgan fingerprint density at radius 3 is 2.24 bits per heavy atom. The van der Waals surface area contributed by atoms with E-state index in [2.05, 4.69) is 29.4 Å². The molecule has 0 atom stereocenters. The van der Waals surface area contributed by atoms with Gasteiger partial charge in [-0.1, -0.05) is 13.3 Å². The first-order valence-electron chi connectivity index (χ1n) is 10.2. The lowest BCUT2D eigenvalue weighted by atomic mass is 10.1. The minimum absolute atomic E-state index is 0.0919. The van der Waals surface area contributed by atoms with Crippen molar-refractivity contribution in [3.8, 4) is 5.75 Å². The van der Waals surface area contributed by atoms with Crippen LogP contribution in [-0.4, -0.2) is 38.1 Å². The van der Waals surface area contributed by atoms with Crippen LogP contribution >= 0.6 is 0 Å². The third-order valence-corrected chi connectivity index (χ3v) is 4.52. The lowest BCUT2D eigenvalue weighted by molar-refractivity contribution is -0.115. The van der Waals surface area contributed by atoms with Crippen LogP contribution in [0.1, 0.15) is 44.0 Å². The Morgan fingerprint density at radius 2 is 1.66 bits per heavy atom. The first kappa shape index (κ1) is 22.3. The van der Waals surface area contributed by atoms with Crippen molar-refractivity contribution in [3.05, 3.63) is 54.1 Å². The van der Waals surface area contributed by atoms with Gasteiger partial charge in [0.2, 0.25) is 5.91 Å². The van der Waals surface area contributed by atoms with Gasteiger partial charge in [0.05, 0.1) is 13.2 Å². The fraction of sp³-hybridized carbons (Fsp3) is 0.391. The topological polar surface area (TPSA) is 70.7 Å². The second-order valence-corrected chi connectivity index (χ2v) is 6.67. The van der Waals surface area contributed by atoms with Crippen LogP contribution < -0.4 is 20.3 Å². The predicted octanol–water partition coefficient (Wildman–Crippen LogP) is 4.08. The first-order valence-corrected chi connectivity index (χ1v) is 10.2. The molecule has 0 heterocycles. The fourth-order valence-electron chi connectivity index (χ4n) is 2.91. The summed E-state index contributed by atoms with van der Waals surface area (Å²) in [6.07, 6.45) is 2.29. The Bertz CT molecular complexity index is 773. The van der Waals surface area contributed by atoms with E-state index in [0.717, 1.165) is 37.4 Å². The van der Waals surface area contributed by atoms with E-state index < -0.39 is 0 Å². The van der Waals surface area contributed by atoms with Gasteiger partial charge >= 0.3 is 0 Å². The van der Waals surface area contributed by atoms with Crippen LogP contribution in [0.25, 0.3) is 0 Å². The average molecular weight is 398 g/mol. The number of anilines is 2. The molecule has 2 N–H and O–H groups in total. The van der Waals surface area contributed by atoms with Crippen LogP contribution in [0.3, 0.4) is 0 Å². The normalized spacial score (nSPS) is 10.3. The molecule has 6 nitrogen and oxygen atoms in total. The molecule has 0 aliphatic rings. The van der Waals surface area contributed by atoms with Crippen molar-refractivity contribution < 1.29 is 14.3 Å². The molecule has 0 bridgehead atoms. The highest BCUT2D eigenvalue weighted by atomic mass is 16.5. The Hall–Kier alpha value is -3.02. The standard InChI is InChI=1S/C23H31N3O3/c1-4-7-16-26(5-2)20-12-8-18(9-13-20)23(28)24-17-22(27)25-19-10-14-21(15-11-19)29-6-3/h8-15H,4-7,16-17H2,1-3H3,(H,24,28)(H,25,27). The summed E-state index contributed by atoms with van der Waals surface area (Å²) in [6.45, 7) is 8.64. The van der Waals surface area contributed by atoms with Crippen molar-refractivity contribution in [2.24, 2.45) is 0 Å². The summed E-state index contributed by atoms with van der Waals surface area (Å²) in [7, 11) is 0. The second kappa shape index (κ2) is 11.7. The lowest BCUT2D eigenvalue weighted by Crippen LogP contribution is -2.32. The molecule has 0 saturated carbocycles. The number of hydrogen-bond donors (Lipinski definition) is 2. The van der Waals surface area contributed by atoms with Crippen LogP contribution in [0.2, 0.25) is 0 Å². The molecule has 0 aliphatic carbocycles. The number of benzene rings is 2. The average Bonchev–Trinajstić information content (AvgIpc) is 2.74. The maximum Gasteiger partial charge on any atom is 0.251 e. The van der Waals surface area contributed by atoms with Crippen LogP contribution in [0.15, 0.2) is 48.5 Å². The minimum atomic E-state index is -0.282. The minimum Gasteiger partial charge on any atom is -0.494 e. The zero-order valence-electron chi connectivity index (χ0n) is 17.5. The van der Waals surface area contributed by atoms with Crippen LogP contribution in [0.5, 0.6) is 5.75 Å². The quantitative estimate of drug-likeness (QED) is 0.599. The van der Waals surface area contributed by atoms with Crippen LogP contribution in [-0.2, 0) is 4.79 Å². The maximum absolute atomic E-state index is 12.3. The van der Waals surface area contributed by atoms with Gasteiger partial charge in [-0.05, 0) is 68.8 Å². The van der Waals surface area contributed by atoms with Gasteiger partial charge in [-0.2, -0.15) is 0 Å². The van der Waals surface area contributed by atoms with Crippen molar-refractivity contribution in [1.82, 2.24) is 5.32 Å². The third-order valence-electron chi connectivity index (χ3n) is 4.52. The lowest BCUT2D eigenvalue weighted by Gasteiger charge is -2.23. The molecule has 0 spiro atoms. The molecule has 0 unspecified atom stereocenters. The number of nitrogens with one attached hydrogen (secondary N) is 2. The van der Waals surface area contributed by atoms with E-state index >= 15 is 0 Å². The molecule has 0 radical (unpaired) electrons. The maximum atomic E-state index is 12.3. The summed E-state index contributed by atoms with van der Waals surface area (Å²) in [5, 5.41) is 5.41. The first-order chi connectivity index (χ1) is 14.1. The number of amides is 2. The summed E-state index contributed by atoms with van der Waals surface area (Å²) in [5.41, 5.74) is 2.30. The number of hydrogen-bond acceptors (Lipinski definition) is 4. The Kier molecular flexibility index (Phi) is 9.02. The van der Waals surface area contributed by atoms with Gasteiger partial charge in [-0.3, -0.25) is 9.59 Å². The van der Waals surface area contributed by atoms with E-state index in [1.807, 2.05) is 19.1 Å². The third kappa shape index (κ3) is 7.14. The van der Waals surface area contributed by atoms with E-state index in [1.54, 1.807) is 36.4 Å². The van der Waals surface area contributed by atoms with E-state index in [-0.39, 0.29) is 18.4 Å². The summed E-state index contributed by atoms with van der Waals surface area (Å²) in [6, 6.07) is 14.6. The Labute approximate surface area is 173 Å². The van der Waals surface area contributed by atoms with Crippen molar-refractivity contribution >= 4 is 23.2 Å². The molecule has 6 heteroatoms. The zero-order chi connectivity index (χ0) is 21.1. The van der Waals surface area contributed by atoms with Crippen molar-refractivity contribution in [3.63, 3.8) is 0 Å². The highest BCUT2D eigenvalue weighted by molar-refractivity contribution is 5.99. The number of unbranched alkanes of at least 4 members (excludes halogenated alkanes) is 1. The van der Waals surface area contributed by atoms with E-state index in [4.69, 9.17) is 4.74 Å². The molecule has 0 aliphatic heterocycles. The predicted molar refractivity (Wildman–Crippen MR) is 118 cm³/mol. The van der Waals surface area contributed by atoms with Crippen molar-refractivity contribution in [2.75, 3.05) is 36.5 Å². The molecular formula is C23H31N3O3. The molecular weight excluding hydrogens is 366 g/mol.